The van der Waals surface area contributed by atoms with Crippen molar-refractivity contribution in [2.45, 2.75) is 6.10 Å². The van der Waals surface area contributed by atoms with E-state index in [9.17, 15) is 0 Å². The largest absolute Gasteiger partial charge is 0.499 e. The minimum atomic E-state index is -0.268. The summed E-state index contributed by atoms with van der Waals surface area (Å²) >= 11 is 0. The van der Waals surface area contributed by atoms with Crippen LogP contribution in [0.4, 0.5) is 0 Å². The zero-order valence-electron chi connectivity index (χ0n) is 8.59. The van der Waals surface area contributed by atoms with E-state index < -0.39 is 0 Å². The van der Waals surface area contributed by atoms with Gasteiger partial charge in [0.05, 0.1) is 25.2 Å². The molecular formula is C11H15NO3. The van der Waals surface area contributed by atoms with Crippen LogP contribution in [0.3, 0.4) is 0 Å². The molecular weight excluding hydrogens is 194 g/mol. The van der Waals surface area contributed by atoms with E-state index in [4.69, 9.17) is 19.5 Å². The molecule has 0 amide bonds. The second-order valence-corrected chi connectivity index (χ2v) is 2.43. The molecule has 1 atom stereocenters. The van der Waals surface area contributed by atoms with E-state index in [0.717, 1.165) is 0 Å². The molecule has 0 bridgehead atoms. The first-order valence-electron chi connectivity index (χ1n) is 4.48. The van der Waals surface area contributed by atoms with Crippen LogP contribution < -0.4 is 0 Å². The first-order chi connectivity index (χ1) is 7.35. The molecule has 4 nitrogen and oxygen atoms in total. The summed E-state index contributed by atoms with van der Waals surface area (Å²) in [6, 6.07) is 1.89. The molecule has 0 saturated heterocycles. The Kier molecular flexibility index (Phi) is 9.16. The van der Waals surface area contributed by atoms with Crippen LogP contribution >= 0.6 is 0 Å². The van der Waals surface area contributed by atoms with E-state index in [1.807, 2.05) is 6.07 Å². The summed E-state index contributed by atoms with van der Waals surface area (Å²) in [5, 5.41) is 8.36. The molecule has 0 radical (unpaired) electrons. The Bertz CT molecular complexity index is 243. The molecule has 15 heavy (non-hydrogen) atoms. The van der Waals surface area contributed by atoms with Crippen LogP contribution in [0.1, 0.15) is 0 Å². The number of hydrogen-bond donors (Lipinski definition) is 0. The lowest BCUT2D eigenvalue weighted by molar-refractivity contribution is 0.0161. The van der Waals surface area contributed by atoms with Gasteiger partial charge in [0.25, 0.3) is 0 Å². The van der Waals surface area contributed by atoms with Crippen LogP contribution in [-0.2, 0) is 14.2 Å². The Labute approximate surface area is 90.1 Å². The SMILES string of the molecule is C=COCCOC(C=CC#N)COC=C. The quantitative estimate of drug-likeness (QED) is 0.330. The summed E-state index contributed by atoms with van der Waals surface area (Å²) in [5.41, 5.74) is 0. The Hall–Kier alpha value is -1.73. The van der Waals surface area contributed by atoms with Crippen molar-refractivity contribution < 1.29 is 14.2 Å². The summed E-state index contributed by atoms with van der Waals surface area (Å²) in [6.45, 7) is 7.99. The molecule has 0 aliphatic rings. The third-order valence-corrected chi connectivity index (χ3v) is 1.41. The first-order valence-corrected chi connectivity index (χ1v) is 4.48. The minimum Gasteiger partial charge on any atom is -0.499 e. The summed E-state index contributed by atoms with van der Waals surface area (Å²) in [6.07, 6.45) is 5.39. The number of hydrogen-bond acceptors (Lipinski definition) is 4. The maximum Gasteiger partial charge on any atom is 0.117 e. The summed E-state index contributed by atoms with van der Waals surface area (Å²) < 4.78 is 15.2. The minimum absolute atomic E-state index is 0.268. The van der Waals surface area contributed by atoms with Gasteiger partial charge >= 0.3 is 0 Å². The molecule has 0 fully saturated rings. The van der Waals surface area contributed by atoms with Crippen LogP contribution in [0.2, 0.25) is 0 Å². The van der Waals surface area contributed by atoms with Crippen molar-refractivity contribution in [3.05, 3.63) is 37.8 Å². The van der Waals surface area contributed by atoms with Crippen LogP contribution in [0, 0.1) is 11.3 Å². The van der Waals surface area contributed by atoms with E-state index in [-0.39, 0.29) is 6.10 Å². The molecule has 0 rings (SSSR count). The van der Waals surface area contributed by atoms with E-state index in [1.54, 1.807) is 6.08 Å². The highest BCUT2D eigenvalue weighted by Gasteiger charge is 2.04. The maximum atomic E-state index is 8.36. The van der Waals surface area contributed by atoms with Gasteiger partial charge in [-0.25, -0.2) is 0 Å². The van der Waals surface area contributed by atoms with Crippen LogP contribution in [-0.4, -0.2) is 25.9 Å². The van der Waals surface area contributed by atoms with Crippen LogP contribution in [0.15, 0.2) is 37.8 Å². The van der Waals surface area contributed by atoms with Gasteiger partial charge in [-0.2, -0.15) is 5.26 Å². The van der Waals surface area contributed by atoms with Crippen LogP contribution in [0.5, 0.6) is 0 Å². The second kappa shape index (κ2) is 10.4. The summed E-state index contributed by atoms with van der Waals surface area (Å²) in [5.74, 6) is 0. The van der Waals surface area contributed by atoms with Gasteiger partial charge in [-0.05, 0) is 6.08 Å². The molecule has 0 aromatic heterocycles. The Morgan fingerprint density at radius 2 is 1.93 bits per heavy atom. The molecule has 0 aromatic rings. The number of nitriles is 1. The second-order valence-electron chi connectivity index (χ2n) is 2.43. The molecule has 0 saturated carbocycles. The number of allylic oxidation sites excluding steroid dienone is 1. The van der Waals surface area contributed by atoms with Gasteiger partial charge in [-0.1, -0.05) is 13.2 Å². The number of ether oxygens (including phenoxy) is 3. The number of nitrogens with zero attached hydrogens (tertiary/aromatic N) is 1. The Balaban J connectivity index is 3.79. The average molecular weight is 209 g/mol. The van der Waals surface area contributed by atoms with Gasteiger partial charge in [0, 0.05) is 6.08 Å². The fraction of sp³-hybridized carbons (Fsp3) is 0.364. The number of rotatable bonds is 9. The highest BCUT2D eigenvalue weighted by Crippen LogP contribution is 1.96. The topological polar surface area (TPSA) is 51.5 Å². The molecule has 0 aliphatic carbocycles. The zero-order valence-corrected chi connectivity index (χ0v) is 8.59. The molecule has 0 spiro atoms. The van der Waals surface area contributed by atoms with Crippen molar-refractivity contribution in [3.63, 3.8) is 0 Å². The highest BCUT2D eigenvalue weighted by molar-refractivity contribution is 5.04. The third-order valence-electron chi connectivity index (χ3n) is 1.41. The molecule has 0 heterocycles. The Morgan fingerprint density at radius 1 is 1.20 bits per heavy atom. The van der Waals surface area contributed by atoms with Crippen molar-refractivity contribution in [1.82, 2.24) is 0 Å². The fourth-order valence-corrected chi connectivity index (χ4v) is 0.803. The highest BCUT2D eigenvalue weighted by atomic mass is 16.5. The molecule has 4 heteroatoms. The summed E-state index contributed by atoms with van der Waals surface area (Å²) in [7, 11) is 0. The van der Waals surface area contributed by atoms with Gasteiger partial charge in [-0.15, -0.1) is 0 Å². The van der Waals surface area contributed by atoms with Crippen molar-refractivity contribution in [3.8, 4) is 6.07 Å². The predicted molar refractivity (Wildman–Crippen MR) is 56.8 cm³/mol. The maximum absolute atomic E-state index is 8.36. The first kappa shape index (κ1) is 13.3. The van der Waals surface area contributed by atoms with Gasteiger partial charge < -0.3 is 14.2 Å². The van der Waals surface area contributed by atoms with Gasteiger partial charge in [0.1, 0.15) is 19.3 Å². The molecule has 82 valence electrons. The standard InChI is InChI=1S/C11H15NO3/c1-3-13-8-9-15-11(6-5-7-12)10-14-4-2/h3-6,11H,1-2,8-10H2. The van der Waals surface area contributed by atoms with Gasteiger partial charge in [0.2, 0.25) is 0 Å². The smallest absolute Gasteiger partial charge is 0.117 e. The molecule has 0 aliphatic heterocycles. The average Bonchev–Trinajstić information content (AvgIpc) is 2.27. The molecule has 0 N–H and O–H groups in total. The van der Waals surface area contributed by atoms with Crippen molar-refractivity contribution in [2.75, 3.05) is 19.8 Å². The van der Waals surface area contributed by atoms with Crippen molar-refractivity contribution in [2.24, 2.45) is 0 Å². The van der Waals surface area contributed by atoms with Crippen molar-refractivity contribution in [1.29, 1.82) is 5.26 Å². The van der Waals surface area contributed by atoms with Gasteiger partial charge in [0.15, 0.2) is 0 Å². The zero-order chi connectivity index (χ0) is 11.4. The third kappa shape index (κ3) is 8.60. The fourth-order valence-electron chi connectivity index (χ4n) is 0.803. The predicted octanol–water partition coefficient (Wildman–Crippen LogP) is 1.77. The van der Waals surface area contributed by atoms with E-state index in [0.29, 0.717) is 19.8 Å². The van der Waals surface area contributed by atoms with E-state index in [2.05, 4.69) is 13.2 Å². The monoisotopic (exact) mass is 209 g/mol. The Morgan fingerprint density at radius 3 is 2.53 bits per heavy atom. The van der Waals surface area contributed by atoms with Crippen LogP contribution in [0.25, 0.3) is 0 Å². The molecule has 0 aromatic carbocycles. The lowest BCUT2D eigenvalue weighted by Gasteiger charge is -2.12. The van der Waals surface area contributed by atoms with E-state index >= 15 is 0 Å². The van der Waals surface area contributed by atoms with E-state index in [1.165, 1.54) is 18.6 Å². The van der Waals surface area contributed by atoms with Crippen molar-refractivity contribution >= 4 is 0 Å². The molecule has 1 unspecified atom stereocenters. The lowest BCUT2D eigenvalue weighted by atomic mass is 10.3. The lowest BCUT2D eigenvalue weighted by Crippen LogP contribution is -2.18. The summed E-state index contributed by atoms with van der Waals surface area (Å²) in [4.78, 5) is 0. The van der Waals surface area contributed by atoms with Gasteiger partial charge in [-0.3, -0.25) is 0 Å². The normalized spacial score (nSPS) is 11.7.